The Balaban J connectivity index is 1.55. The van der Waals surface area contributed by atoms with Gasteiger partial charge in [-0.15, -0.1) is 0 Å². The maximum absolute atomic E-state index is 12.9. The summed E-state index contributed by atoms with van der Waals surface area (Å²) in [7, 11) is 0. The Bertz CT molecular complexity index is 901. The van der Waals surface area contributed by atoms with E-state index in [-0.39, 0.29) is 23.9 Å². The van der Waals surface area contributed by atoms with Crippen LogP contribution in [0.3, 0.4) is 0 Å². The predicted molar refractivity (Wildman–Crippen MR) is 96.5 cm³/mol. The van der Waals surface area contributed by atoms with Gasteiger partial charge in [0.15, 0.2) is 0 Å². The van der Waals surface area contributed by atoms with Crippen molar-refractivity contribution in [2.24, 2.45) is 0 Å². The molecule has 28 heavy (non-hydrogen) atoms. The fourth-order valence-electron chi connectivity index (χ4n) is 3.97. The van der Waals surface area contributed by atoms with E-state index in [1.165, 1.54) is 16.8 Å². The second-order valence-electron chi connectivity index (χ2n) is 7.19. The number of carbonyl (C=O) groups excluding carboxylic acids is 1. The van der Waals surface area contributed by atoms with E-state index in [0.29, 0.717) is 18.7 Å². The third-order valence-electron chi connectivity index (χ3n) is 5.31. The molecule has 3 heterocycles. The van der Waals surface area contributed by atoms with Gasteiger partial charge in [0.05, 0.1) is 6.54 Å². The van der Waals surface area contributed by atoms with E-state index in [2.05, 4.69) is 9.84 Å². The highest BCUT2D eigenvalue weighted by Gasteiger charge is 2.34. The van der Waals surface area contributed by atoms with Crippen LogP contribution >= 0.6 is 0 Å². The molecule has 0 saturated carbocycles. The van der Waals surface area contributed by atoms with Gasteiger partial charge in [-0.25, -0.2) is 9.48 Å². The molecule has 7 nitrogen and oxygen atoms in total. The van der Waals surface area contributed by atoms with E-state index >= 15 is 0 Å². The molecule has 0 N–H and O–H groups in total. The van der Waals surface area contributed by atoms with Gasteiger partial charge in [-0.05, 0) is 43.4 Å². The monoisotopic (exact) mass is 392 g/mol. The molecule has 4 rings (SSSR count). The van der Waals surface area contributed by atoms with E-state index in [9.17, 15) is 18.4 Å². The topological polar surface area (TPSA) is 69.4 Å². The number of fused-ring (bicyclic) bond motifs is 1. The lowest BCUT2D eigenvalue weighted by Crippen LogP contribution is -2.41. The standard InChI is InChI=1S/C19H22F2N4O3/c20-18(21)28-14-8-6-13(7-9-14)12-24-19(27)25-15(4-3-5-16(25)22-24)17(26)23-10-1-2-11-23/h6-9,15,18H,1-5,10-12H2/t15-/m1/s1. The number of aromatic nitrogens is 3. The molecule has 9 heteroatoms. The van der Waals surface area contributed by atoms with Crippen molar-refractivity contribution in [1.29, 1.82) is 0 Å². The maximum atomic E-state index is 12.9. The number of amides is 1. The second kappa shape index (κ2) is 7.73. The summed E-state index contributed by atoms with van der Waals surface area (Å²) in [6.45, 7) is -1.17. The first kappa shape index (κ1) is 18.6. The zero-order chi connectivity index (χ0) is 19.7. The molecule has 150 valence electrons. The number of alkyl halides is 2. The molecule has 0 aliphatic carbocycles. The van der Waals surface area contributed by atoms with Crippen molar-refractivity contribution in [2.45, 2.75) is 51.3 Å². The molecule has 2 aliphatic heterocycles. The minimum absolute atomic E-state index is 0.00796. The first-order valence-electron chi connectivity index (χ1n) is 9.53. The third kappa shape index (κ3) is 3.65. The number of likely N-dealkylation sites (tertiary alicyclic amines) is 1. The van der Waals surface area contributed by atoms with Gasteiger partial charge in [0, 0.05) is 19.5 Å². The van der Waals surface area contributed by atoms with Gasteiger partial charge in [-0.1, -0.05) is 12.1 Å². The highest BCUT2D eigenvalue weighted by molar-refractivity contribution is 5.80. The Kier molecular flexibility index (Phi) is 5.15. The molecule has 1 fully saturated rings. The van der Waals surface area contributed by atoms with Crippen LogP contribution in [-0.4, -0.2) is 44.9 Å². The number of halogens is 2. The Hall–Kier alpha value is -2.71. The molecule has 2 aromatic rings. The number of rotatable bonds is 5. The summed E-state index contributed by atoms with van der Waals surface area (Å²) < 4.78 is 31.7. The van der Waals surface area contributed by atoms with Crippen LogP contribution in [0.5, 0.6) is 5.75 Å². The molecule has 0 unspecified atom stereocenters. The minimum atomic E-state index is -2.88. The molecule has 1 aromatic heterocycles. The lowest BCUT2D eigenvalue weighted by atomic mass is 10.0. The normalized spacial score (nSPS) is 19.1. The molecule has 2 aliphatic rings. The summed E-state index contributed by atoms with van der Waals surface area (Å²) in [6.07, 6.45) is 4.14. The molecule has 1 atom stereocenters. The van der Waals surface area contributed by atoms with Gasteiger partial charge < -0.3 is 9.64 Å². The average molecular weight is 392 g/mol. The SMILES string of the molecule is O=C([C@H]1CCCc2nn(Cc3ccc(OC(F)F)cc3)c(=O)n21)N1CCCC1. The van der Waals surface area contributed by atoms with Crippen LogP contribution in [0.2, 0.25) is 0 Å². The van der Waals surface area contributed by atoms with Crippen LogP contribution in [-0.2, 0) is 17.8 Å². The van der Waals surface area contributed by atoms with Crippen molar-refractivity contribution in [2.75, 3.05) is 13.1 Å². The number of hydrogen-bond donors (Lipinski definition) is 0. The number of nitrogens with zero attached hydrogens (tertiary/aromatic N) is 4. The zero-order valence-corrected chi connectivity index (χ0v) is 15.4. The molecule has 0 bridgehead atoms. The summed E-state index contributed by atoms with van der Waals surface area (Å²) in [5, 5.41) is 4.42. The number of carbonyl (C=O) groups is 1. The van der Waals surface area contributed by atoms with Crippen LogP contribution in [0.25, 0.3) is 0 Å². The van der Waals surface area contributed by atoms with Crippen molar-refractivity contribution in [3.8, 4) is 5.75 Å². The molecular formula is C19H22F2N4O3. The van der Waals surface area contributed by atoms with Crippen molar-refractivity contribution >= 4 is 5.91 Å². The van der Waals surface area contributed by atoms with Crippen LogP contribution in [0.4, 0.5) is 8.78 Å². The Morgan fingerprint density at radius 2 is 1.89 bits per heavy atom. The fourth-order valence-corrected chi connectivity index (χ4v) is 3.97. The minimum Gasteiger partial charge on any atom is -0.435 e. The van der Waals surface area contributed by atoms with Crippen molar-refractivity contribution in [1.82, 2.24) is 19.2 Å². The van der Waals surface area contributed by atoms with Crippen molar-refractivity contribution in [3.05, 3.63) is 46.1 Å². The Morgan fingerprint density at radius 1 is 1.18 bits per heavy atom. The van der Waals surface area contributed by atoms with E-state index < -0.39 is 12.7 Å². The average Bonchev–Trinajstić information content (AvgIpc) is 3.31. The lowest BCUT2D eigenvalue weighted by Gasteiger charge is -2.27. The van der Waals surface area contributed by atoms with Crippen LogP contribution < -0.4 is 10.4 Å². The lowest BCUT2D eigenvalue weighted by molar-refractivity contribution is -0.134. The molecule has 1 saturated heterocycles. The Labute approximate surface area is 160 Å². The highest BCUT2D eigenvalue weighted by atomic mass is 19.3. The van der Waals surface area contributed by atoms with Gasteiger partial charge in [-0.3, -0.25) is 9.36 Å². The van der Waals surface area contributed by atoms with E-state index in [4.69, 9.17) is 0 Å². The van der Waals surface area contributed by atoms with Gasteiger partial charge in [0.2, 0.25) is 5.91 Å². The highest BCUT2D eigenvalue weighted by Crippen LogP contribution is 2.25. The van der Waals surface area contributed by atoms with Gasteiger partial charge >= 0.3 is 12.3 Å². The summed E-state index contributed by atoms with van der Waals surface area (Å²) in [6, 6.07) is 5.62. The summed E-state index contributed by atoms with van der Waals surface area (Å²) in [4.78, 5) is 27.6. The quantitative estimate of drug-likeness (QED) is 0.782. The zero-order valence-electron chi connectivity index (χ0n) is 15.4. The number of aryl methyl sites for hydroxylation is 1. The smallest absolute Gasteiger partial charge is 0.387 e. The van der Waals surface area contributed by atoms with Crippen LogP contribution in [0, 0.1) is 0 Å². The number of hydrogen-bond acceptors (Lipinski definition) is 4. The van der Waals surface area contributed by atoms with Crippen molar-refractivity contribution < 1.29 is 18.3 Å². The fraction of sp³-hybridized carbons (Fsp3) is 0.526. The molecule has 1 amide bonds. The number of benzene rings is 1. The molecule has 1 aromatic carbocycles. The van der Waals surface area contributed by atoms with E-state index in [1.807, 2.05) is 4.90 Å². The van der Waals surface area contributed by atoms with Crippen LogP contribution in [0.15, 0.2) is 29.1 Å². The van der Waals surface area contributed by atoms with E-state index in [1.54, 1.807) is 16.7 Å². The summed E-state index contributed by atoms with van der Waals surface area (Å²) in [5.74, 6) is 0.701. The van der Waals surface area contributed by atoms with Gasteiger partial charge in [0.25, 0.3) is 0 Å². The van der Waals surface area contributed by atoms with Gasteiger partial charge in [0.1, 0.15) is 17.6 Å². The number of ether oxygens (including phenoxy) is 1. The van der Waals surface area contributed by atoms with Gasteiger partial charge in [-0.2, -0.15) is 13.9 Å². The molecule has 0 radical (unpaired) electrons. The van der Waals surface area contributed by atoms with Crippen LogP contribution in [0.1, 0.15) is 43.1 Å². The molecule has 0 spiro atoms. The van der Waals surface area contributed by atoms with E-state index in [0.717, 1.165) is 37.9 Å². The maximum Gasteiger partial charge on any atom is 0.387 e. The Morgan fingerprint density at radius 3 is 2.57 bits per heavy atom. The second-order valence-corrected chi connectivity index (χ2v) is 7.19. The summed E-state index contributed by atoms with van der Waals surface area (Å²) in [5.41, 5.74) is 0.432. The largest absolute Gasteiger partial charge is 0.435 e. The third-order valence-corrected chi connectivity index (χ3v) is 5.31. The molecular weight excluding hydrogens is 370 g/mol. The first-order valence-corrected chi connectivity index (χ1v) is 9.53. The van der Waals surface area contributed by atoms with Crippen molar-refractivity contribution in [3.63, 3.8) is 0 Å². The predicted octanol–water partition coefficient (Wildman–Crippen LogP) is 2.19. The summed E-state index contributed by atoms with van der Waals surface area (Å²) >= 11 is 0. The first-order chi connectivity index (χ1) is 13.5.